The van der Waals surface area contributed by atoms with Gasteiger partial charge in [0.25, 0.3) is 0 Å². The number of nitrogens with zero attached hydrogens (tertiary/aromatic N) is 1. The summed E-state index contributed by atoms with van der Waals surface area (Å²) in [7, 11) is 2.48. The molecule has 13 rings (SSSR count). The Morgan fingerprint density at radius 2 is 1.39 bits per heavy atom. The van der Waals surface area contributed by atoms with Crippen molar-refractivity contribution < 1.29 is 4.42 Å². The second kappa shape index (κ2) is 12.1. The molecule has 0 spiro atoms. The van der Waals surface area contributed by atoms with E-state index in [2.05, 4.69) is 198 Å². The van der Waals surface area contributed by atoms with Gasteiger partial charge >= 0.3 is 0 Å². The van der Waals surface area contributed by atoms with Crippen molar-refractivity contribution in [3.05, 3.63) is 162 Å². The third kappa shape index (κ3) is 4.87. The van der Waals surface area contributed by atoms with E-state index in [-0.39, 0.29) is 10.8 Å². The van der Waals surface area contributed by atoms with Crippen LogP contribution in [-0.2, 0) is 10.8 Å². The molecular weight excluding hydrogens is 760 g/mol. The number of para-hydroxylation sites is 1. The lowest BCUT2D eigenvalue weighted by molar-refractivity contribution is 0.590. The van der Waals surface area contributed by atoms with Gasteiger partial charge < -0.3 is 14.3 Å². The number of nitrogens with one attached hydrogen (secondary N) is 1. The van der Waals surface area contributed by atoms with Gasteiger partial charge in [-0.25, -0.2) is 0 Å². The van der Waals surface area contributed by atoms with Crippen molar-refractivity contribution >= 4 is 105 Å². The third-order valence-corrected chi connectivity index (χ3v) is 15.0. The summed E-state index contributed by atoms with van der Waals surface area (Å²) in [4.78, 5) is 0. The van der Waals surface area contributed by atoms with Crippen molar-refractivity contribution in [2.75, 3.05) is 5.32 Å². The van der Waals surface area contributed by atoms with Crippen LogP contribution in [0.15, 0.2) is 144 Å². The maximum atomic E-state index is 6.57. The number of anilines is 2. The molecule has 1 aliphatic carbocycles. The number of furan rings is 1. The summed E-state index contributed by atoms with van der Waals surface area (Å²) in [5.41, 5.74) is 20.5. The molecule has 3 nitrogen and oxygen atoms in total. The Hall–Kier alpha value is -6.56. The maximum absolute atomic E-state index is 6.57. The van der Waals surface area contributed by atoms with E-state index < -0.39 is 0 Å². The van der Waals surface area contributed by atoms with Crippen LogP contribution in [0, 0.1) is 6.92 Å². The topological polar surface area (TPSA) is 30.1 Å². The molecule has 0 atom stereocenters. The molecule has 291 valence electrons. The quantitative estimate of drug-likeness (QED) is 0.180. The van der Waals surface area contributed by atoms with Crippen LogP contribution >= 0.6 is 11.3 Å². The summed E-state index contributed by atoms with van der Waals surface area (Å²) in [6.07, 6.45) is 0. The molecule has 1 aliphatic heterocycles. The van der Waals surface area contributed by atoms with E-state index in [1.165, 1.54) is 103 Å². The van der Waals surface area contributed by atoms with Crippen LogP contribution in [0.25, 0.3) is 91.9 Å². The van der Waals surface area contributed by atoms with E-state index in [1.807, 2.05) is 11.3 Å². The standard InChI is InChI=1S/C56H42BN2OS/c1-30-23-40(37-24-39-35-15-9-12-18-50(35)61-51(39)29-45(37)58-32-21-19-31(20-22-32)55(2,3)4)53-54-52(30)41-27-49-38(34-14-8-11-17-48(34)60-49)26-46(41)59(54)47-28-43-36(25-44(47)57-53)33-13-7-10-16-42(33)56(43,5)6/h7-29,58H,1-6H3. The number of thiophene rings is 1. The molecule has 3 aromatic heterocycles. The highest BCUT2D eigenvalue weighted by Crippen LogP contribution is 2.50. The van der Waals surface area contributed by atoms with E-state index in [4.69, 9.17) is 4.42 Å². The van der Waals surface area contributed by atoms with Gasteiger partial charge in [-0.05, 0) is 111 Å². The number of aryl methyl sites for hydroxylation is 1. The molecule has 0 amide bonds. The Morgan fingerprint density at radius 1 is 0.623 bits per heavy atom. The van der Waals surface area contributed by atoms with Gasteiger partial charge in [0.05, 0.1) is 5.52 Å². The number of hydrogen-bond acceptors (Lipinski definition) is 3. The average molecular weight is 802 g/mol. The second-order valence-corrected chi connectivity index (χ2v) is 20.0. The smallest absolute Gasteiger partial charge is 0.197 e. The maximum Gasteiger partial charge on any atom is 0.197 e. The zero-order valence-corrected chi connectivity index (χ0v) is 35.9. The number of rotatable bonds is 3. The predicted molar refractivity (Wildman–Crippen MR) is 262 cm³/mol. The van der Waals surface area contributed by atoms with Gasteiger partial charge in [0.15, 0.2) is 7.28 Å². The highest BCUT2D eigenvalue weighted by Gasteiger charge is 2.38. The lowest BCUT2D eigenvalue weighted by Gasteiger charge is -2.27. The van der Waals surface area contributed by atoms with Gasteiger partial charge in [-0.2, -0.15) is 0 Å². The zero-order valence-electron chi connectivity index (χ0n) is 35.1. The number of benzene rings is 8. The van der Waals surface area contributed by atoms with Crippen LogP contribution in [0.2, 0.25) is 0 Å². The van der Waals surface area contributed by atoms with Crippen molar-refractivity contribution in [2.45, 2.75) is 52.4 Å². The average Bonchev–Trinajstić information content (AvgIpc) is 3.97. The molecule has 61 heavy (non-hydrogen) atoms. The number of hydrogen-bond donors (Lipinski definition) is 1. The first-order chi connectivity index (χ1) is 29.5. The SMILES string of the molecule is Cc1cc(-c2cc3c(cc2Nc2ccc(C(C)(C)C)cc2)sc2ccccc23)c2c3c1c1cc4oc5ccccc5c4cc1n3-c1cc3c(cc1[B]2)-c1ccccc1C3(C)C. The summed E-state index contributed by atoms with van der Waals surface area (Å²) in [5.74, 6) is 0. The molecule has 0 saturated heterocycles. The monoisotopic (exact) mass is 801 g/mol. The van der Waals surface area contributed by atoms with E-state index in [0.29, 0.717) is 0 Å². The van der Waals surface area contributed by atoms with Crippen LogP contribution in [0.4, 0.5) is 11.4 Å². The molecule has 1 radical (unpaired) electrons. The molecule has 4 heterocycles. The first-order valence-corrected chi connectivity index (χ1v) is 22.2. The minimum Gasteiger partial charge on any atom is -0.456 e. The Labute approximate surface area is 359 Å². The molecule has 5 heteroatoms. The van der Waals surface area contributed by atoms with Crippen molar-refractivity contribution in [3.8, 4) is 27.9 Å². The highest BCUT2D eigenvalue weighted by molar-refractivity contribution is 7.25. The largest absolute Gasteiger partial charge is 0.456 e. The van der Waals surface area contributed by atoms with Crippen molar-refractivity contribution in [2.24, 2.45) is 0 Å². The molecule has 0 bridgehead atoms. The first-order valence-electron chi connectivity index (χ1n) is 21.4. The van der Waals surface area contributed by atoms with Crippen molar-refractivity contribution in [3.63, 3.8) is 0 Å². The fourth-order valence-electron chi connectivity index (χ4n) is 10.8. The van der Waals surface area contributed by atoms with Gasteiger partial charge in [-0.3, -0.25) is 0 Å². The fraction of sp³-hybridized carbons (Fsp3) is 0.143. The minimum absolute atomic E-state index is 0.0769. The van der Waals surface area contributed by atoms with Crippen LogP contribution in [0.5, 0.6) is 0 Å². The van der Waals surface area contributed by atoms with Crippen LogP contribution < -0.4 is 16.2 Å². The van der Waals surface area contributed by atoms with Crippen LogP contribution in [-0.4, -0.2) is 11.8 Å². The molecule has 11 aromatic rings. The minimum atomic E-state index is -0.126. The summed E-state index contributed by atoms with van der Waals surface area (Å²) in [6, 6.07) is 52.2. The van der Waals surface area contributed by atoms with E-state index >= 15 is 0 Å². The molecule has 8 aromatic carbocycles. The normalized spacial score (nSPS) is 14.0. The summed E-state index contributed by atoms with van der Waals surface area (Å²) in [6.45, 7) is 13.9. The van der Waals surface area contributed by atoms with Gasteiger partial charge in [-0.15, -0.1) is 11.3 Å². The van der Waals surface area contributed by atoms with Crippen molar-refractivity contribution in [1.29, 1.82) is 0 Å². The van der Waals surface area contributed by atoms with Gasteiger partial charge in [-0.1, -0.05) is 125 Å². The van der Waals surface area contributed by atoms with Gasteiger partial charge in [0, 0.05) is 75.3 Å². The lowest BCUT2D eigenvalue weighted by Crippen LogP contribution is -2.38. The Kier molecular flexibility index (Phi) is 6.96. The molecule has 0 fully saturated rings. The highest BCUT2D eigenvalue weighted by atomic mass is 32.1. The second-order valence-electron chi connectivity index (χ2n) is 18.9. The number of fused-ring (bicyclic) bond motifs is 14. The predicted octanol–water partition coefficient (Wildman–Crippen LogP) is 14.3. The summed E-state index contributed by atoms with van der Waals surface area (Å²) < 4.78 is 11.7. The summed E-state index contributed by atoms with van der Waals surface area (Å²) >= 11 is 1.87. The van der Waals surface area contributed by atoms with E-state index in [0.717, 1.165) is 33.3 Å². The third-order valence-electron chi connectivity index (χ3n) is 13.9. The Balaban J connectivity index is 1.13. The Bertz CT molecular complexity index is 3720. The van der Waals surface area contributed by atoms with E-state index in [1.54, 1.807) is 0 Å². The Morgan fingerprint density at radius 3 is 2.23 bits per heavy atom. The molecular formula is C56H42BN2OS. The molecule has 1 N–H and O–H groups in total. The first kappa shape index (κ1) is 35.2. The van der Waals surface area contributed by atoms with Crippen molar-refractivity contribution in [1.82, 2.24) is 4.57 Å². The zero-order chi connectivity index (χ0) is 41.1. The van der Waals surface area contributed by atoms with E-state index in [9.17, 15) is 0 Å². The molecule has 0 unspecified atom stereocenters. The fourth-order valence-corrected chi connectivity index (χ4v) is 11.9. The number of aromatic nitrogens is 1. The van der Waals surface area contributed by atoms with Gasteiger partial charge in [0.1, 0.15) is 11.2 Å². The van der Waals surface area contributed by atoms with Crippen LogP contribution in [0.1, 0.15) is 56.9 Å². The van der Waals surface area contributed by atoms with Gasteiger partial charge in [0.2, 0.25) is 0 Å². The lowest BCUT2D eigenvalue weighted by atomic mass is 9.58. The summed E-state index contributed by atoms with van der Waals surface area (Å²) in [5, 5.41) is 11.3. The molecule has 2 aliphatic rings. The molecule has 0 saturated carbocycles. The van der Waals surface area contributed by atoms with Crippen LogP contribution in [0.3, 0.4) is 0 Å².